The fourth-order valence-corrected chi connectivity index (χ4v) is 8.38. The number of aromatic nitrogens is 4. The van der Waals surface area contributed by atoms with Crippen LogP contribution in [0.5, 0.6) is 0 Å². The van der Waals surface area contributed by atoms with Crippen molar-refractivity contribution in [3.8, 4) is 0 Å². The van der Waals surface area contributed by atoms with Crippen molar-refractivity contribution in [3.05, 3.63) is 85.2 Å². The van der Waals surface area contributed by atoms with E-state index >= 15 is 0 Å². The van der Waals surface area contributed by atoms with Crippen molar-refractivity contribution in [1.82, 2.24) is 51.5 Å². The zero-order valence-corrected chi connectivity index (χ0v) is 49.2. The van der Waals surface area contributed by atoms with Crippen LogP contribution < -0.4 is 37.6 Å². The van der Waals surface area contributed by atoms with Crippen molar-refractivity contribution in [2.45, 2.75) is 111 Å². The van der Waals surface area contributed by atoms with E-state index in [9.17, 15) is 28.8 Å². The molecule has 23 nitrogen and oxygen atoms in total. The molecule has 0 unspecified atom stereocenters. The molecular weight excluding hydrogens is 1050 g/mol. The number of para-hydroxylation sites is 2. The van der Waals surface area contributed by atoms with Crippen LogP contribution in [0.15, 0.2) is 73.8 Å². The Bertz CT molecular complexity index is 2620. The van der Waals surface area contributed by atoms with Crippen molar-refractivity contribution >= 4 is 57.2 Å². The van der Waals surface area contributed by atoms with E-state index < -0.39 is 40.8 Å². The second-order valence-corrected chi connectivity index (χ2v) is 21.6. The molecule has 82 heavy (non-hydrogen) atoms. The molecule has 0 spiro atoms. The summed E-state index contributed by atoms with van der Waals surface area (Å²) in [4.78, 5) is 78.2. The van der Waals surface area contributed by atoms with Gasteiger partial charge in [-0.3, -0.25) is 38.1 Å². The van der Waals surface area contributed by atoms with Crippen LogP contribution in [-0.2, 0) is 60.7 Å². The molecule has 0 aliphatic carbocycles. The van der Waals surface area contributed by atoms with Gasteiger partial charge in [-0.1, -0.05) is 90.1 Å². The van der Waals surface area contributed by atoms with Gasteiger partial charge in [0.05, 0.1) is 96.4 Å². The number of amides is 6. The Hall–Kier alpha value is -6.60. The highest BCUT2D eigenvalue weighted by Gasteiger charge is 2.35. The van der Waals surface area contributed by atoms with Crippen LogP contribution in [-0.4, -0.2) is 179 Å². The molecule has 0 saturated carbocycles. The SMILES string of the molecule is C=CCCCn1nc(C(=O)N[C@H](C(=O)NCCOCCOCCOCCNC(=O)CC[C@H](N)C(=O)NCCOCCOCCOCCNC(=O)[C@@H](NC(=O)c2nn(CCCC=C)c3ccccc23)C(C)(C)C)C(C)(C)C)c2ccccc21. The minimum Gasteiger partial charge on any atom is -0.377 e. The number of nitrogens with one attached hydrogen (secondary N) is 6. The molecule has 0 aliphatic heterocycles. The fraction of sp³-hybridized carbons (Fsp3) is 0.593. The van der Waals surface area contributed by atoms with Crippen LogP contribution in [0.3, 0.4) is 0 Å². The van der Waals surface area contributed by atoms with E-state index in [0.717, 1.165) is 47.5 Å². The van der Waals surface area contributed by atoms with Gasteiger partial charge < -0.3 is 66.1 Å². The standard InChI is InChI=1S/C59H91N11O12/c1-9-11-17-29-69-46-21-15-13-19-43(46)49(67-69)54(73)65-51(58(3,4)5)56(75)63-27-33-79-37-41-81-39-35-77-31-25-61-48(71)24-23-45(60)53(72)62-26-32-78-36-40-82-42-38-80-34-28-64-57(76)52(59(6,7)8)66-55(74)50-44-20-14-16-22-47(44)70(68-50)30-18-12-10-2/h9-10,13-16,19-22,45,51-52H,1-2,11-12,17-18,23-42,60H2,3-8H3,(H,61,71)(H,62,72)(H,63,75)(H,64,76)(H,65,73)(H,66,74)/t45-,51+,52+/m0/s1. The number of allylic oxidation sites excluding steroid dienone is 2. The molecule has 4 rings (SSSR count). The molecule has 0 fully saturated rings. The Morgan fingerprint density at radius 1 is 0.524 bits per heavy atom. The van der Waals surface area contributed by atoms with Gasteiger partial charge in [-0.15, -0.1) is 13.2 Å². The van der Waals surface area contributed by atoms with E-state index in [4.69, 9.17) is 34.2 Å². The lowest BCUT2D eigenvalue weighted by Crippen LogP contribution is -2.54. The predicted octanol–water partition coefficient (Wildman–Crippen LogP) is 3.98. The summed E-state index contributed by atoms with van der Waals surface area (Å²) in [6, 6.07) is 12.6. The van der Waals surface area contributed by atoms with Crippen LogP contribution in [0.2, 0.25) is 0 Å². The van der Waals surface area contributed by atoms with Gasteiger partial charge in [0, 0.05) is 56.5 Å². The minimum atomic E-state index is -0.860. The quantitative estimate of drug-likeness (QED) is 0.0244. The zero-order valence-electron chi connectivity index (χ0n) is 49.2. The summed E-state index contributed by atoms with van der Waals surface area (Å²) in [6.45, 7) is 24.7. The third-order valence-electron chi connectivity index (χ3n) is 12.8. The summed E-state index contributed by atoms with van der Waals surface area (Å²) in [7, 11) is 0. The van der Waals surface area contributed by atoms with Gasteiger partial charge in [0.15, 0.2) is 11.4 Å². The number of hydrogen-bond acceptors (Lipinski definition) is 15. The smallest absolute Gasteiger partial charge is 0.273 e. The molecule has 2 heterocycles. The summed E-state index contributed by atoms with van der Waals surface area (Å²) >= 11 is 0. The van der Waals surface area contributed by atoms with Gasteiger partial charge in [0.1, 0.15) is 12.1 Å². The number of nitrogens with two attached hydrogens (primary N) is 1. The molecule has 4 aromatic rings. The van der Waals surface area contributed by atoms with Gasteiger partial charge >= 0.3 is 0 Å². The summed E-state index contributed by atoms with van der Waals surface area (Å²) < 4.78 is 37.0. The normalized spacial score (nSPS) is 12.8. The number of ether oxygens (including phenoxy) is 6. The van der Waals surface area contributed by atoms with E-state index in [-0.39, 0.29) is 100 Å². The maximum absolute atomic E-state index is 13.5. The van der Waals surface area contributed by atoms with Crippen molar-refractivity contribution in [2.24, 2.45) is 16.6 Å². The molecule has 0 radical (unpaired) electrons. The number of fused-ring (bicyclic) bond motifs is 2. The third-order valence-corrected chi connectivity index (χ3v) is 12.8. The number of benzene rings is 2. The summed E-state index contributed by atoms with van der Waals surface area (Å²) in [6.07, 6.45) is 7.29. The first-order valence-corrected chi connectivity index (χ1v) is 28.4. The topological polar surface area (TPSA) is 292 Å². The van der Waals surface area contributed by atoms with Gasteiger partial charge in [0.2, 0.25) is 23.6 Å². The minimum absolute atomic E-state index is 0.0734. The van der Waals surface area contributed by atoms with Crippen LogP contribution in [0.4, 0.5) is 0 Å². The van der Waals surface area contributed by atoms with E-state index in [1.54, 1.807) is 0 Å². The lowest BCUT2D eigenvalue weighted by atomic mass is 9.86. The highest BCUT2D eigenvalue weighted by molar-refractivity contribution is 6.07. The fourth-order valence-electron chi connectivity index (χ4n) is 8.38. The van der Waals surface area contributed by atoms with Crippen molar-refractivity contribution < 1.29 is 57.2 Å². The van der Waals surface area contributed by atoms with Crippen molar-refractivity contribution in [1.29, 1.82) is 0 Å². The number of carbonyl (C=O) groups is 6. The predicted molar refractivity (Wildman–Crippen MR) is 314 cm³/mol. The number of aryl methyl sites for hydroxylation is 2. The number of nitrogens with zero attached hydrogens (tertiary/aromatic N) is 4. The molecule has 8 N–H and O–H groups in total. The summed E-state index contributed by atoms with van der Waals surface area (Å²) in [5, 5.41) is 27.7. The molecule has 6 amide bonds. The first-order chi connectivity index (χ1) is 39.4. The zero-order chi connectivity index (χ0) is 59.8. The maximum atomic E-state index is 13.5. The molecule has 3 atom stereocenters. The van der Waals surface area contributed by atoms with Crippen molar-refractivity contribution in [3.63, 3.8) is 0 Å². The third kappa shape index (κ3) is 24.1. The lowest BCUT2D eigenvalue weighted by molar-refractivity contribution is -0.126. The average molecular weight is 1150 g/mol. The summed E-state index contributed by atoms with van der Waals surface area (Å²) in [5.74, 6) is -2.12. The first kappa shape index (κ1) is 67.9. The highest BCUT2D eigenvalue weighted by Crippen LogP contribution is 2.25. The monoisotopic (exact) mass is 1150 g/mol. The number of rotatable bonds is 42. The first-order valence-electron chi connectivity index (χ1n) is 28.4. The van der Waals surface area contributed by atoms with E-state index in [2.05, 4.69) is 55.3 Å². The molecule has 454 valence electrons. The Balaban J connectivity index is 0.929. The molecule has 2 aromatic carbocycles. The molecule has 2 aromatic heterocycles. The lowest BCUT2D eigenvalue weighted by Gasteiger charge is -2.30. The number of carbonyl (C=O) groups excluding carboxylic acids is 6. The molecule has 0 bridgehead atoms. The second kappa shape index (κ2) is 36.8. The van der Waals surface area contributed by atoms with E-state index in [0.29, 0.717) is 65.9 Å². The molecule has 0 aliphatic rings. The van der Waals surface area contributed by atoms with Crippen LogP contribution in [0, 0.1) is 10.8 Å². The molecule has 0 saturated heterocycles. The Morgan fingerprint density at radius 2 is 0.866 bits per heavy atom. The van der Waals surface area contributed by atoms with E-state index in [1.807, 2.05) is 112 Å². The Labute approximate surface area is 482 Å². The molecule has 23 heteroatoms. The Morgan fingerprint density at radius 3 is 1.23 bits per heavy atom. The van der Waals surface area contributed by atoms with Crippen LogP contribution >= 0.6 is 0 Å². The maximum Gasteiger partial charge on any atom is 0.273 e. The second-order valence-electron chi connectivity index (χ2n) is 21.6. The average Bonchev–Trinajstić information content (AvgIpc) is 4.20. The van der Waals surface area contributed by atoms with Crippen molar-refractivity contribution in [2.75, 3.05) is 105 Å². The number of unbranched alkanes of at least 4 members (excludes halogenated alkanes) is 2. The van der Waals surface area contributed by atoms with E-state index in [1.165, 1.54) is 0 Å². The van der Waals surface area contributed by atoms with Gasteiger partial charge in [0.25, 0.3) is 11.8 Å². The largest absolute Gasteiger partial charge is 0.377 e. The van der Waals surface area contributed by atoms with Gasteiger partial charge in [-0.2, -0.15) is 10.2 Å². The summed E-state index contributed by atoms with van der Waals surface area (Å²) in [5.41, 5.74) is 7.10. The van der Waals surface area contributed by atoms with Gasteiger partial charge in [-0.05, 0) is 55.1 Å². The van der Waals surface area contributed by atoms with Crippen LogP contribution in [0.1, 0.15) is 101 Å². The van der Waals surface area contributed by atoms with Gasteiger partial charge in [-0.25, -0.2) is 0 Å². The Kier molecular flexibility index (Phi) is 30.5. The molecular formula is C59H91N11O12. The highest BCUT2D eigenvalue weighted by atomic mass is 16.5. The number of hydrogen-bond donors (Lipinski definition) is 7. The van der Waals surface area contributed by atoms with Crippen LogP contribution in [0.25, 0.3) is 21.8 Å².